The van der Waals surface area contributed by atoms with E-state index in [1.807, 2.05) is 17.8 Å². The Morgan fingerprint density at radius 3 is 3.11 bits per heavy atom. The number of halogens is 1. The Bertz CT molecular complexity index is 552. The maximum atomic E-state index is 6.38. The van der Waals surface area contributed by atoms with E-state index in [1.54, 1.807) is 0 Å². The molecule has 2 atom stereocenters. The number of ether oxygens (including phenoxy) is 1. The van der Waals surface area contributed by atoms with Crippen LogP contribution < -0.4 is 0 Å². The van der Waals surface area contributed by atoms with Crippen LogP contribution in [0.15, 0.2) is 24.3 Å². The van der Waals surface area contributed by atoms with Gasteiger partial charge in [-0.2, -0.15) is 5.10 Å². The van der Waals surface area contributed by atoms with Crippen LogP contribution in [-0.4, -0.2) is 28.4 Å². The van der Waals surface area contributed by atoms with Gasteiger partial charge in [-0.1, -0.05) is 18.2 Å². The lowest BCUT2D eigenvalue weighted by atomic mass is 9.95. The second-order valence-electron chi connectivity index (χ2n) is 4.93. The molecule has 1 aromatic heterocycles. The van der Waals surface area contributed by atoms with Gasteiger partial charge in [0.1, 0.15) is 0 Å². The van der Waals surface area contributed by atoms with E-state index in [2.05, 4.69) is 23.3 Å². The Balaban J connectivity index is 1.90. The predicted octanol–water partition coefficient (Wildman–Crippen LogP) is 2.76. The Hall–Kier alpha value is -1.06. The van der Waals surface area contributed by atoms with Crippen LogP contribution in [0.3, 0.4) is 0 Å². The third kappa shape index (κ3) is 2.13. The molecule has 3 nitrogen and oxygen atoms in total. The topological polar surface area (TPSA) is 27.1 Å². The van der Waals surface area contributed by atoms with Crippen LogP contribution in [0.1, 0.15) is 12.1 Å². The quantitative estimate of drug-likeness (QED) is 0.780. The van der Waals surface area contributed by atoms with Crippen molar-refractivity contribution in [1.29, 1.82) is 0 Å². The summed E-state index contributed by atoms with van der Waals surface area (Å²) in [5.41, 5.74) is 2.31. The van der Waals surface area contributed by atoms with Gasteiger partial charge in [0, 0.05) is 30.3 Å². The zero-order valence-corrected chi connectivity index (χ0v) is 11.2. The van der Waals surface area contributed by atoms with Gasteiger partial charge in [0.05, 0.1) is 17.8 Å². The average Bonchev–Trinajstić information content (AvgIpc) is 2.70. The van der Waals surface area contributed by atoms with Gasteiger partial charge in [0.25, 0.3) is 0 Å². The number of aryl methyl sites for hydroxylation is 1. The molecule has 0 saturated carbocycles. The van der Waals surface area contributed by atoms with Crippen LogP contribution >= 0.6 is 11.6 Å². The van der Waals surface area contributed by atoms with E-state index in [9.17, 15) is 0 Å². The van der Waals surface area contributed by atoms with Gasteiger partial charge in [-0.15, -0.1) is 11.6 Å². The number of rotatable bonds is 2. The molecule has 0 N–H and O–H groups in total. The van der Waals surface area contributed by atoms with Gasteiger partial charge in [-0.25, -0.2) is 0 Å². The molecule has 0 bridgehead atoms. The number of fused-ring (bicyclic) bond motifs is 1. The van der Waals surface area contributed by atoms with E-state index >= 15 is 0 Å². The molecular weight excluding hydrogens is 248 g/mol. The molecule has 4 heteroatoms. The van der Waals surface area contributed by atoms with Crippen LogP contribution in [0.25, 0.3) is 10.9 Å². The Kier molecular flexibility index (Phi) is 3.27. The highest BCUT2D eigenvalue weighted by Gasteiger charge is 2.25. The monoisotopic (exact) mass is 264 g/mol. The van der Waals surface area contributed by atoms with Crippen LogP contribution in [0, 0.1) is 5.92 Å². The lowest BCUT2D eigenvalue weighted by Crippen LogP contribution is -2.29. The van der Waals surface area contributed by atoms with Crippen molar-refractivity contribution in [2.24, 2.45) is 13.0 Å². The Morgan fingerprint density at radius 2 is 2.28 bits per heavy atom. The largest absolute Gasteiger partial charge is 0.381 e. The highest BCUT2D eigenvalue weighted by atomic mass is 35.5. The van der Waals surface area contributed by atoms with Crippen LogP contribution in [0.2, 0.25) is 0 Å². The molecule has 1 aliphatic rings. The van der Waals surface area contributed by atoms with Gasteiger partial charge in [0.2, 0.25) is 0 Å². The standard InChI is InChI=1S/C14H17ClN2O/c1-17-14-5-3-2-4-11(14)13(16-17)8-10-9-18-7-6-12(10)15/h2-5,10,12H,6-9H2,1H3. The molecule has 1 fully saturated rings. The van der Waals surface area contributed by atoms with Crippen molar-refractivity contribution in [2.45, 2.75) is 18.2 Å². The molecule has 0 radical (unpaired) electrons. The summed E-state index contributed by atoms with van der Waals surface area (Å²) in [7, 11) is 1.99. The van der Waals surface area contributed by atoms with Crippen molar-refractivity contribution in [2.75, 3.05) is 13.2 Å². The number of hydrogen-bond donors (Lipinski definition) is 0. The normalized spacial score (nSPS) is 24.6. The molecule has 96 valence electrons. The molecule has 0 amide bonds. The maximum absolute atomic E-state index is 6.38. The average molecular weight is 265 g/mol. The minimum Gasteiger partial charge on any atom is -0.381 e. The van der Waals surface area contributed by atoms with E-state index in [0.717, 1.165) is 31.7 Å². The minimum atomic E-state index is 0.208. The van der Waals surface area contributed by atoms with Gasteiger partial charge in [-0.05, 0) is 18.9 Å². The molecule has 2 unspecified atom stereocenters. The third-order valence-corrected chi connectivity index (χ3v) is 4.25. The van der Waals surface area contributed by atoms with Gasteiger partial charge in [-0.3, -0.25) is 4.68 Å². The molecule has 1 aliphatic heterocycles. The van der Waals surface area contributed by atoms with Gasteiger partial charge < -0.3 is 4.74 Å². The minimum absolute atomic E-state index is 0.208. The van der Waals surface area contributed by atoms with Crippen molar-refractivity contribution < 1.29 is 4.74 Å². The number of alkyl halides is 1. The first-order chi connectivity index (χ1) is 8.75. The number of para-hydroxylation sites is 1. The first kappa shape index (κ1) is 12.0. The van der Waals surface area contributed by atoms with E-state index in [-0.39, 0.29) is 5.38 Å². The third-order valence-electron chi connectivity index (χ3n) is 3.67. The number of aromatic nitrogens is 2. The Morgan fingerprint density at radius 1 is 1.44 bits per heavy atom. The molecule has 2 aromatic rings. The lowest BCUT2D eigenvalue weighted by molar-refractivity contribution is 0.0575. The van der Waals surface area contributed by atoms with Crippen molar-refractivity contribution in [3.63, 3.8) is 0 Å². The molecule has 0 aliphatic carbocycles. The summed E-state index contributed by atoms with van der Waals surface area (Å²) < 4.78 is 7.47. The maximum Gasteiger partial charge on any atom is 0.0707 e. The molecule has 0 spiro atoms. The summed E-state index contributed by atoms with van der Waals surface area (Å²) in [6.07, 6.45) is 1.84. The first-order valence-corrected chi connectivity index (χ1v) is 6.82. The second kappa shape index (κ2) is 4.90. The second-order valence-corrected chi connectivity index (χ2v) is 5.49. The van der Waals surface area contributed by atoms with Crippen LogP contribution in [0.4, 0.5) is 0 Å². The highest BCUT2D eigenvalue weighted by Crippen LogP contribution is 2.27. The molecule has 1 saturated heterocycles. The highest BCUT2D eigenvalue weighted by molar-refractivity contribution is 6.20. The van der Waals surface area contributed by atoms with E-state index in [1.165, 1.54) is 10.9 Å². The van der Waals surface area contributed by atoms with E-state index in [0.29, 0.717) is 5.92 Å². The summed E-state index contributed by atoms with van der Waals surface area (Å²) in [5, 5.41) is 6.06. The fourth-order valence-electron chi connectivity index (χ4n) is 2.65. The molecule has 2 heterocycles. The summed E-state index contributed by atoms with van der Waals surface area (Å²) in [4.78, 5) is 0. The summed E-state index contributed by atoms with van der Waals surface area (Å²) in [6.45, 7) is 1.53. The smallest absolute Gasteiger partial charge is 0.0707 e. The van der Waals surface area contributed by atoms with Crippen molar-refractivity contribution in [1.82, 2.24) is 9.78 Å². The zero-order valence-electron chi connectivity index (χ0n) is 10.5. The van der Waals surface area contributed by atoms with Gasteiger partial charge in [0.15, 0.2) is 0 Å². The summed E-state index contributed by atoms with van der Waals surface area (Å²) in [5.74, 6) is 0.374. The predicted molar refractivity (Wildman–Crippen MR) is 73.0 cm³/mol. The fraction of sp³-hybridized carbons (Fsp3) is 0.500. The molecule has 18 heavy (non-hydrogen) atoms. The fourth-order valence-corrected chi connectivity index (χ4v) is 2.90. The van der Waals surface area contributed by atoms with Gasteiger partial charge >= 0.3 is 0 Å². The van der Waals surface area contributed by atoms with Crippen LogP contribution in [-0.2, 0) is 18.2 Å². The van der Waals surface area contributed by atoms with E-state index < -0.39 is 0 Å². The Labute approximate surface area is 112 Å². The SMILES string of the molecule is Cn1nc(CC2COCCC2Cl)c2ccccc21. The first-order valence-electron chi connectivity index (χ1n) is 6.38. The summed E-state index contributed by atoms with van der Waals surface area (Å²) >= 11 is 6.38. The zero-order chi connectivity index (χ0) is 12.5. The van der Waals surface area contributed by atoms with Crippen molar-refractivity contribution in [3.05, 3.63) is 30.0 Å². The molecule has 3 rings (SSSR count). The van der Waals surface area contributed by atoms with Crippen molar-refractivity contribution in [3.8, 4) is 0 Å². The van der Waals surface area contributed by atoms with Crippen molar-refractivity contribution >= 4 is 22.5 Å². The lowest BCUT2D eigenvalue weighted by Gasteiger charge is -2.26. The van der Waals surface area contributed by atoms with E-state index in [4.69, 9.17) is 16.3 Å². The number of nitrogens with zero attached hydrogens (tertiary/aromatic N) is 2. The molecule has 1 aromatic carbocycles. The number of benzene rings is 1. The number of hydrogen-bond acceptors (Lipinski definition) is 2. The molecular formula is C14H17ClN2O. The van der Waals surface area contributed by atoms with Crippen LogP contribution in [0.5, 0.6) is 0 Å². The summed E-state index contributed by atoms with van der Waals surface area (Å²) in [6, 6.07) is 8.33.